The summed E-state index contributed by atoms with van der Waals surface area (Å²) in [5.74, 6) is -0.301. The molecule has 0 aliphatic carbocycles. The van der Waals surface area contributed by atoms with E-state index in [2.05, 4.69) is 6.07 Å². The van der Waals surface area contributed by atoms with Crippen molar-refractivity contribution in [2.75, 3.05) is 7.11 Å². The molecule has 1 aromatic carbocycles. The van der Waals surface area contributed by atoms with Crippen molar-refractivity contribution in [1.82, 2.24) is 0 Å². The van der Waals surface area contributed by atoms with E-state index >= 15 is 0 Å². The van der Waals surface area contributed by atoms with Gasteiger partial charge in [-0.2, -0.15) is 5.26 Å². The quantitative estimate of drug-likeness (QED) is 0.732. The highest BCUT2D eigenvalue weighted by molar-refractivity contribution is 5.77. The van der Waals surface area contributed by atoms with Crippen molar-refractivity contribution in [2.45, 2.75) is 26.2 Å². The van der Waals surface area contributed by atoms with Gasteiger partial charge in [-0.05, 0) is 18.4 Å². The number of hydrogen-bond donors (Lipinski definition) is 0. The number of ether oxygens (including phenoxy) is 1. The number of carbonyl (C=O) groups excluding carboxylic acids is 1. The number of rotatable bonds is 5. The number of methoxy groups -OCH3 is 1. The normalized spacial score (nSPS) is 13.5. The van der Waals surface area contributed by atoms with Gasteiger partial charge < -0.3 is 4.74 Å². The zero-order chi connectivity index (χ0) is 12.7. The van der Waals surface area contributed by atoms with Crippen LogP contribution < -0.4 is 0 Å². The molecule has 0 saturated carbocycles. The van der Waals surface area contributed by atoms with E-state index in [1.807, 2.05) is 37.3 Å². The maximum atomic E-state index is 11.9. The molecule has 0 bridgehead atoms. The fourth-order valence-corrected chi connectivity index (χ4v) is 1.96. The summed E-state index contributed by atoms with van der Waals surface area (Å²) in [5.41, 5.74) is 0.334. The van der Waals surface area contributed by atoms with Gasteiger partial charge >= 0.3 is 5.97 Å². The number of esters is 1. The van der Waals surface area contributed by atoms with Crippen LogP contribution in [0.25, 0.3) is 0 Å². The predicted octanol–water partition coefficient (Wildman–Crippen LogP) is 2.71. The van der Waals surface area contributed by atoms with Crippen LogP contribution in [-0.4, -0.2) is 13.1 Å². The van der Waals surface area contributed by atoms with Gasteiger partial charge in [-0.1, -0.05) is 37.3 Å². The molecule has 0 aliphatic rings. The second kappa shape index (κ2) is 6.05. The summed E-state index contributed by atoms with van der Waals surface area (Å²) in [7, 11) is 1.37. The van der Waals surface area contributed by atoms with Gasteiger partial charge in [0.15, 0.2) is 0 Å². The number of carbonyl (C=O) groups is 1. The molecule has 0 aromatic heterocycles. The van der Waals surface area contributed by atoms with Gasteiger partial charge in [0.1, 0.15) is 0 Å². The van der Waals surface area contributed by atoms with Crippen molar-refractivity contribution in [1.29, 1.82) is 5.26 Å². The molecule has 3 heteroatoms. The van der Waals surface area contributed by atoms with Crippen LogP contribution in [-0.2, 0) is 16.0 Å². The number of hydrogen-bond acceptors (Lipinski definition) is 3. The highest BCUT2D eigenvalue weighted by Crippen LogP contribution is 2.32. The molecule has 1 rings (SSSR count). The van der Waals surface area contributed by atoms with Crippen LogP contribution in [0.4, 0.5) is 0 Å². The average Bonchev–Trinajstić information content (AvgIpc) is 2.38. The minimum atomic E-state index is -0.717. The molecule has 0 saturated heterocycles. The Kier molecular flexibility index (Phi) is 4.71. The maximum absolute atomic E-state index is 11.9. The fraction of sp³-hybridized carbons (Fsp3) is 0.429. The smallest absolute Gasteiger partial charge is 0.313 e. The lowest BCUT2D eigenvalue weighted by Crippen LogP contribution is -2.33. The molecule has 0 N–H and O–H groups in total. The zero-order valence-corrected chi connectivity index (χ0v) is 10.3. The minimum Gasteiger partial charge on any atom is -0.469 e. The number of nitrogens with zero attached hydrogens (tertiary/aromatic N) is 1. The average molecular weight is 231 g/mol. The van der Waals surface area contributed by atoms with Crippen LogP contribution in [0.1, 0.15) is 25.3 Å². The molecule has 0 aliphatic heterocycles. The molecule has 1 aromatic rings. The SMILES string of the molecule is CC[C@](CC#N)(Cc1ccccc1)C(=O)OC. The number of benzene rings is 1. The Morgan fingerprint density at radius 2 is 2.06 bits per heavy atom. The maximum Gasteiger partial charge on any atom is 0.313 e. The lowest BCUT2D eigenvalue weighted by molar-refractivity contribution is -0.152. The first kappa shape index (κ1) is 13.2. The zero-order valence-electron chi connectivity index (χ0n) is 10.3. The summed E-state index contributed by atoms with van der Waals surface area (Å²) in [6.07, 6.45) is 1.33. The summed E-state index contributed by atoms with van der Waals surface area (Å²) < 4.78 is 4.84. The second-order valence-corrected chi connectivity index (χ2v) is 4.12. The Bertz CT molecular complexity index is 408. The van der Waals surface area contributed by atoms with Gasteiger partial charge in [-0.25, -0.2) is 0 Å². The lowest BCUT2D eigenvalue weighted by Gasteiger charge is -2.27. The van der Waals surface area contributed by atoms with Gasteiger partial charge in [-0.3, -0.25) is 4.79 Å². The van der Waals surface area contributed by atoms with Crippen LogP contribution in [0.15, 0.2) is 30.3 Å². The molecular weight excluding hydrogens is 214 g/mol. The van der Waals surface area contributed by atoms with E-state index in [4.69, 9.17) is 10.00 Å². The Morgan fingerprint density at radius 3 is 2.53 bits per heavy atom. The second-order valence-electron chi connectivity index (χ2n) is 4.12. The van der Waals surface area contributed by atoms with Crippen molar-refractivity contribution in [3.8, 4) is 6.07 Å². The van der Waals surface area contributed by atoms with Crippen LogP contribution in [0.5, 0.6) is 0 Å². The summed E-state index contributed by atoms with van der Waals surface area (Å²) >= 11 is 0. The largest absolute Gasteiger partial charge is 0.469 e. The van der Waals surface area contributed by atoms with Crippen molar-refractivity contribution in [2.24, 2.45) is 5.41 Å². The topological polar surface area (TPSA) is 50.1 Å². The van der Waals surface area contributed by atoms with Crippen molar-refractivity contribution in [3.63, 3.8) is 0 Å². The van der Waals surface area contributed by atoms with Gasteiger partial charge in [-0.15, -0.1) is 0 Å². The third kappa shape index (κ3) is 3.07. The van der Waals surface area contributed by atoms with Gasteiger partial charge in [0.25, 0.3) is 0 Å². The van der Waals surface area contributed by atoms with E-state index < -0.39 is 5.41 Å². The van der Waals surface area contributed by atoms with Crippen LogP contribution in [0.3, 0.4) is 0 Å². The lowest BCUT2D eigenvalue weighted by atomic mass is 9.77. The molecule has 0 fully saturated rings. The van der Waals surface area contributed by atoms with Crippen molar-refractivity contribution in [3.05, 3.63) is 35.9 Å². The Morgan fingerprint density at radius 1 is 1.41 bits per heavy atom. The Labute approximate surface area is 102 Å². The van der Waals surface area contributed by atoms with Crippen molar-refractivity contribution < 1.29 is 9.53 Å². The molecule has 0 amide bonds. The highest BCUT2D eigenvalue weighted by atomic mass is 16.5. The third-order valence-electron chi connectivity index (χ3n) is 3.10. The summed E-state index contributed by atoms with van der Waals surface area (Å²) in [6.45, 7) is 1.91. The molecular formula is C14H17NO2. The molecule has 0 heterocycles. The van der Waals surface area contributed by atoms with E-state index in [0.717, 1.165) is 5.56 Å². The Hall–Kier alpha value is -1.82. The molecule has 3 nitrogen and oxygen atoms in total. The molecule has 0 radical (unpaired) electrons. The van der Waals surface area contributed by atoms with Crippen LogP contribution >= 0.6 is 0 Å². The number of nitriles is 1. The molecule has 0 unspecified atom stereocenters. The van der Waals surface area contributed by atoms with E-state index in [9.17, 15) is 4.79 Å². The highest BCUT2D eigenvalue weighted by Gasteiger charge is 2.37. The van der Waals surface area contributed by atoms with Gasteiger partial charge in [0.2, 0.25) is 0 Å². The van der Waals surface area contributed by atoms with E-state index in [1.165, 1.54) is 7.11 Å². The van der Waals surface area contributed by atoms with E-state index in [0.29, 0.717) is 12.8 Å². The third-order valence-corrected chi connectivity index (χ3v) is 3.10. The van der Waals surface area contributed by atoms with Crippen LogP contribution in [0.2, 0.25) is 0 Å². The first-order chi connectivity index (χ1) is 8.18. The summed E-state index contributed by atoms with van der Waals surface area (Å²) in [5, 5.41) is 8.90. The van der Waals surface area contributed by atoms with Gasteiger partial charge in [0.05, 0.1) is 25.0 Å². The summed E-state index contributed by atoms with van der Waals surface area (Å²) in [6, 6.07) is 11.8. The predicted molar refractivity (Wildman–Crippen MR) is 65.1 cm³/mol. The molecule has 17 heavy (non-hydrogen) atoms. The molecule has 1 atom stereocenters. The van der Waals surface area contributed by atoms with Crippen molar-refractivity contribution >= 4 is 5.97 Å². The standard InChI is InChI=1S/C14H17NO2/c1-3-14(9-10-15,13(16)17-2)11-12-7-5-4-6-8-12/h4-8H,3,9,11H2,1-2H3/t14-/m0/s1. The monoisotopic (exact) mass is 231 g/mol. The molecule has 90 valence electrons. The summed E-state index contributed by atoms with van der Waals surface area (Å²) in [4.78, 5) is 11.9. The fourth-order valence-electron chi connectivity index (χ4n) is 1.96. The first-order valence-corrected chi connectivity index (χ1v) is 5.68. The van der Waals surface area contributed by atoms with E-state index in [1.54, 1.807) is 0 Å². The Balaban J connectivity index is 2.99. The molecule has 0 spiro atoms. The minimum absolute atomic E-state index is 0.186. The van der Waals surface area contributed by atoms with Crippen LogP contribution in [0, 0.1) is 16.7 Å². The first-order valence-electron chi connectivity index (χ1n) is 5.68. The van der Waals surface area contributed by atoms with Gasteiger partial charge in [0, 0.05) is 0 Å². The van der Waals surface area contributed by atoms with E-state index in [-0.39, 0.29) is 12.4 Å².